The predicted molar refractivity (Wildman–Crippen MR) is 113 cm³/mol. The average Bonchev–Trinajstić information content (AvgIpc) is 3.08. The maximum atomic E-state index is 13.3. The largest absolute Gasteiger partial charge is 0.497 e. The van der Waals surface area contributed by atoms with Crippen molar-refractivity contribution in [2.24, 2.45) is 14.1 Å². The summed E-state index contributed by atoms with van der Waals surface area (Å²) in [7, 11) is 4.87. The van der Waals surface area contributed by atoms with Crippen LogP contribution in [0.1, 0.15) is 39.0 Å². The lowest BCUT2D eigenvalue weighted by atomic mass is 10.0. The van der Waals surface area contributed by atoms with Gasteiger partial charge in [-0.1, -0.05) is 6.92 Å². The molecule has 7 heteroatoms. The highest BCUT2D eigenvalue weighted by molar-refractivity contribution is 5.96. The Bertz CT molecular complexity index is 1210. The van der Waals surface area contributed by atoms with Crippen molar-refractivity contribution in [1.82, 2.24) is 13.7 Å². The first-order valence-corrected chi connectivity index (χ1v) is 9.83. The molecule has 0 saturated carbocycles. The van der Waals surface area contributed by atoms with Crippen LogP contribution in [-0.4, -0.2) is 27.4 Å². The number of benzene rings is 1. The summed E-state index contributed by atoms with van der Waals surface area (Å²) in [6, 6.07) is 7.68. The third-order valence-corrected chi connectivity index (χ3v) is 5.89. The minimum Gasteiger partial charge on any atom is -0.497 e. The van der Waals surface area contributed by atoms with Crippen molar-refractivity contribution in [3.8, 4) is 17.0 Å². The Morgan fingerprint density at radius 2 is 1.79 bits per heavy atom. The van der Waals surface area contributed by atoms with E-state index in [-0.39, 0.29) is 22.9 Å². The normalized spacial score (nSPS) is 18.1. The number of aryl methyl sites for hydroxylation is 1. The molecule has 1 aromatic carbocycles. The third-order valence-electron chi connectivity index (χ3n) is 5.89. The van der Waals surface area contributed by atoms with Crippen molar-refractivity contribution >= 4 is 10.9 Å². The quantitative estimate of drug-likeness (QED) is 0.682. The number of fused-ring (bicyclic) bond motifs is 3. The summed E-state index contributed by atoms with van der Waals surface area (Å²) in [5.41, 5.74) is 2.27. The van der Waals surface area contributed by atoms with Crippen LogP contribution >= 0.6 is 0 Å². The first-order chi connectivity index (χ1) is 13.7. The van der Waals surface area contributed by atoms with Crippen LogP contribution in [0.2, 0.25) is 0 Å². The van der Waals surface area contributed by atoms with E-state index in [1.165, 1.54) is 11.6 Å². The first-order valence-electron chi connectivity index (χ1n) is 9.83. The molecule has 0 amide bonds. The molecule has 0 radical (unpaired) electrons. The van der Waals surface area contributed by atoms with Crippen molar-refractivity contribution in [2.75, 3.05) is 13.7 Å². The number of rotatable bonds is 3. The first kappa shape index (κ1) is 19.5. The summed E-state index contributed by atoms with van der Waals surface area (Å²) in [4.78, 5) is 26.0. The second-order valence-corrected chi connectivity index (χ2v) is 8.25. The molecule has 0 bridgehead atoms. The molecule has 0 saturated heterocycles. The van der Waals surface area contributed by atoms with Crippen molar-refractivity contribution in [2.45, 2.75) is 38.8 Å². The maximum absolute atomic E-state index is 13.3. The van der Waals surface area contributed by atoms with Gasteiger partial charge in [-0.3, -0.25) is 13.9 Å². The van der Waals surface area contributed by atoms with Crippen LogP contribution in [0.3, 0.4) is 0 Å². The van der Waals surface area contributed by atoms with E-state index in [1.807, 2.05) is 24.3 Å². The number of ether oxygens (including phenoxy) is 2. The molecule has 4 rings (SSSR count). The fourth-order valence-electron chi connectivity index (χ4n) is 4.40. The molecule has 1 aliphatic heterocycles. The van der Waals surface area contributed by atoms with Gasteiger partial charge in [0.2, 0.25) is 0 Å². The van der Waals surface area contributed by atoms with Crippen LogP contribution in [0.15, 0.2) is 33.9 Å². The standard InChI is InChI=1S/C22H27N3O4/c1-7-15-18-19-16(20(26)24(5)21(27)23(19)4)17(25(18)22(2,3)12-29-15)13-8-10-14(28-6)11-9-13/h8-11,15H,7,12H2,1-6H3. The summed E-state index contributed by atoms with van der Waals surface area (Å²) >= 11 is 0. The third kappa shape index (κ3) is 2.68. The van der Waals surface area contributed by atoms with Gasteiger partial charge in [-0.2, -0.15) is 0 Å². The molecule has 3 heterocycles. The molecule has 1 unspecified atom stereocenters. The number of nitrogens with zero attached hydrogens (tertiary/aromatic N) is 3. The SMILES string of the molecule is CCC1OCC(C)(C)n2c(-c3ccc(OC)cc3)c3c(=O)n(C)c(=O)n(C)c3c21. The van der Waals surface area contributed by atoms with E-state index >= 15 is 0 Å². The fraction of sp³-hybridized carbons (Fsp3) is 0.455. The number of aromatic nitrogens is 3. The van der Waals surface area contributed by atoms with E-state index in [2.05, 4.69) is 25.3 Å². The van der Waals surface area contributed by atoms with Crippen molar-refractivity contribution in [1.29, 1.82) is 0 Å². The Morgan fingerprint density at radius 1 is 1.14 bits per heavy atom. The Morgan fingerprint density at radius 3 is 2.38 bits per heavy atom. The smallest absolute Gasteiger partial charge is 0.331 e. The van der Waals surface area contributed by atoms with Crippen LogP contribution in [0.4, 0.5) is 0 Å². The van der Waals surface area contributed by atoms with Crippen LogP contribution in [0.5, 0.6) is 5.75 Å². The van der Waals surface area contributed by atoms with Gasteiger partial charge < -0.3 is 14.0 Å². The molecule has 2 aromatic heterocycles. The van der Waals surface area contributed by atoms with Crippen LogP contribution in [0.25, 0.3) is 22.2 Å². The van der Waals surface area contributed by atoms with Crippen molar-refractivity contribution in [3.63, 3.8) is 0 Å². The summed E-state index contributed by atoms with van der Waals surface area (Å²) in [6.07, 6.45) is 0.566. The number of hydrogen-bond acceptors (Lipinski definition) is 4. The van der Waals surface area contributed by atoms with Gasteiger partial charge in [-0.05, 0) is 50.1 Å². The van der Waals surface area contributed by atoms with Crippen LogP contribution in [0, 0.1) is 0 Å². The summed E-state index contributed by atoms with van der Waals surface area (Å²) < 4.78 is 16.4. The molecule has 0 aliphatic carbocycles. The van der Waals surface area contributed by atoms with E-state index in [4.69, 9.17) is 9.47 Å². The second-order valence-electron chi connectivity index (χ2n) is 8.25. The van der Waals surface area contributed by atoms with Gasteiger partial charge >= 0.3 is 5.69 Å². The van der Waals surface area contributed by atoms with Crippen molar-refractivity contribution < 1.29 is 9.47 Å². The maximum Gasteiger partial charge on any atom is 0.331 e. The molecule has 0 N–H and O–H groups in total. The van der Waals surface area contributed by atoms with E-state index in [0.29, 0.717) is 17.5 Å². The van der Waals surface area contributed by atoms with Crippen LogP contribution < -0.4 is 16.0 Å². The molecular formula is C22H27N3O4. The molecule has 0 spiro atoms. The topological polar surface area (TPSA) is 67.4 Å². The average molecular weight is 397 g/mol. The summed E-state index contributed by atoms with van der Waals surface area (Å²) in [5, 5.41) is 0.548. The Balaban J connectivity index is 2.26. The fourth-order valence-corrected chi connectivity index (χ4v) is 4.40. The Labute approximate surface area is 169 Å². The van der Waals surface area contributed by atoms with E-state index < -0.39 is 0 Å². The highest BCUT2D eigenvalue weighted by atomic mass is 16.5. The van der Waals surface area contributed by atoms with Gasteiger partial charge in [-0.15, -0.1) is 0 Å². The highest BCUT2D eigenvalue weighted by Crippen LogP contribution is 2.44. The lowest BCUT2D eigenvalue weighted by Crippen LogP contribution is -2.40. The monoisotopic (exact) mass is 397 g/mol. The molecular weight excluding hydrogens is 370 g/mol. The zero-order valence-electron chi connectivity index (χ0n) is 17.8. The minimum atomic E-state index is -0.379. The molecule has 7 nitrogen and oxygen atoms in total. The molecule has 0 fully saturated rings. The Kier molecular flexibility index (Phi) is 4.46. The lowest BCUT2D eigenvalue weighted by molar-refractivity contribution is -0.0291. The minimum absolute atomic E-state index is 0.185. The summed E-state index contributed by atoms with van der Waals surface area (Å²) in [6.45, 7) is 6.77. The summed E-state index contributed by atoms with van der Waals surface area (Å²) in [5.74, 6) is 0.748. The zero-order chi connectivity index (χ0) is 21.1. The molecule has 154 valence electrons. The molecule has 3 aromatic rings. The van der Waals surface area contributed by atoms with Gasteiger partial charge in [-0.25, -0.2) is 4.79 Å². The van der Waals surface area contributed by atoms with Crippen LogP contribution in [-0.2, 0) is 24.4 Å². The van der Waals surface area contributed by atoms with E-state index in [0.717, 1.165) is 29.1 Å². The molecule has 29 heavy (non-hydrogen) atoms. The number of methoxy groups -OCH3 is 1. The van der Waals surface area contributed by atoms with E-state index in [1.54, 1.807) is 18.7 Å². The van der Waals surface area contributed by atoms with Gasteiger partial charge in [0.1, 0.15) is 5.75 Å². The van der Waals surface area contributed by atoms with Gasteiger partial charge in [0.05, 0.1) is 47.7 Å². The molecule has 1 aliphatic rings. The zero-order valence-corrected chi connectivity index (χ0v) is 17.8. The van der Waals surface area contributed by atoms with Gasteiger partial charge in [0, 0.05) is 14.1 Å². The second kappa shape index (κ2) is 6.62. The Hall–Kier alpha value is -2.80. The highest BCUT2D eigenvalue weighted by Gasteiger charge is 2.39. The lowest BCUT2D eigenvalue weighted by Gasteiger charge is -2.39. The molecule has 1 atom stereocenters. The van der Waals surface area contributed by atoms with Crippen molar-refractivity contribution in [3.05, 3.63) is 50.8 Å². The predicted octanol–water partition coefficient (Wildman–Crippen LogP) is 2.93. The van der Waals surface area contributed by atoms with Gasteiger partial charge in [0.25, 0.3) is 5.56 Å². The number of hydrogen-bond donors (Lipinski definition) is 0. The van der Waals surface area contributed by atoms with Gasteiger partial charge in [0.15, 0.2) is 0 Å². The van der Waals surface area contributed by atoms with E-state index in [9.17, 15) is 9.59 Å².